The van der Waals surface area contributed by atoms with Gasteiger partial charge in [0.1, 0.15) is 10.2 Å². The standard InChI is InChI=1S/C18H29BrN6OS/c1-17(2,3)27(26)23-14-11-24(9-8-18(14)6-4-5-7-18)16-22-10-13(19)15(21)25(16)12-20/h10,12,14,20-21,23H,4-9,11H2,1-3H3/t14?,27-/m1/s1. The van der Waals surface area contributed by atoms with Crippen LogP contribution in [-0.4, -0.2) is 44.3 Å². The first-order chi connectivity index (χ1) is 12.7. The fourth-order valence-electron chi connectivity index (χ4n) is 4.17. The van der Waals surface area contributed by atoms with Crippen LogP contribution in [0.15, 0.2) is 10.7 Å². The molecule has 27 heavy (non-hydrogen) atoms. The van der Waals surface area contributed by atoms with Crippen molar-refractivity contribution >= 4 is 39.6 Å². The van der Waals surface area contributed by atoms with Gasteiger partial charge in [0.05, 0.1) is 16.9 Å². The Bertz CT molecular complexity index is 755. The SMILES string of the molecule is CC(C)(C)[S@@+]([O-])NC1CN(c2ncc(Br)c(=N)n2C=N)CCC12CCCC2. The van der Waals surface area contributed by atoms with Crippen LogP contribution in [0.2, 0.25) is 0 Å². The molecule has 2 atom stereocenters. The molecule has 1 saturated carbocycles. The van der Waals surface area contributed by atoms with Crippen molar-refractivity contribution in [2.24, 2.45) is 5.41 Å². The predicted molar refractivity (Wildman–Crippen MR) is 113 cm³/mol. The molecule has 0 aromatic carbocycles. The molecule has 1 unspecified atom stereocenters. The van der Waals surface area contributed by atoms with Gasteiger partial charge in [0, 0.05) is 30.6 Å². The maximum Gasteiger partial charge on any atom is 0.212 e. The number of hydrogen-bond acceptors (Lipinski definition) is 6. The Balaban J connectivity index is 1.90. The summed E-state index contributed by atoms with van der Waals surface area (Å²) in [6.45, 7) is 7.49. The van der Waals surface area contributed by atoms with Crippen LogP contribution < -0.4 is 15.1 Å². The largest absolute Gasteiger partial charge is 0.598 e. The van der Waals surface area contributed by atoms with Gasteiger partial charge in [0.15, 0.2) is 0 Å². The molecule has 1 saturated heterocycles. The summed E-state index contributed by atoms with van der Waals surface area (Å²) in [6.07, 6.45) is 8.56. The highest BCUT2D eigenvalue weighted by Crippen LogP contribution is 2.47. The highest BCUT2D eigenvalue weighted by Gasteiger charge is 2.48. The van der Waals surface area contributed by atoms with E-state index in [0.29, 0.717) is 17.0 Å². The van der Waals surface area contributed by atoms with E-state index in [9.17, 15) is 4.55 Å². The van der Waals surface area contributed by atoms with Crippen molar-refractivity contribution in [3.8, 4) is 0 Å². The highest BCUT2D eigenvalue weighted by atomic mass is 79.9. The third-order valence-electron chi connectivity index (χ3n) is 5.81. The number of hydrogen-bond donors (Lipinski definition) is 3. The van der Waals surface area contributed by atoms with E-state index in [1.54, 1.807) is 6.20 Å². The van der Waals surface area contributed by atoms with Gasteiger partial charge in [-0.25, -0.2) is 4.98 Å². The van der Waals surface area contributed by atoms with Crippen LogP contribution in [0, 0.1) is 16.2 Å². The molecule has 1 aromatic heterocycles. The molecule has 2 heterocycles. The number of piperidine rings is 1. The van der Waals surface area contributed by atoms with Crippen molar-refractivity contribution < 1.29 is 4.55 Å². The van der Waals surface area contributed by atoms with E-state index in [2.05, 4.69) is 30.5 Å². The Kier molecular flexibility index (Phi) is 6.05. The van der Waals surface area contributed by atoms with E-state index in [4.69, 9.17) is 10.8 Å². The zero-order valence-corrected chi connectivity index (χ0v) is 18.6. The average molecular weight is 457 g/mol. The molecule has 3 rings (SSSR count). The van der Waals surface area contributed by atoms with Gasteiger partial charge in [-0.2, -0.15) is 0 Å². The molecule has 0 amide bonds. The van der Waals surface area contributed by atoms with Gasteiger partial charge < -0.3 is 9.45 Å². The summed E-state index contributed by atoms with van der Waals surface area (Å²) in [5, 5.41) is 15.9. The quantitative estimate of drug-likeness (QED) is 0.368. The number of nitrogens with zero attached hydrogens (tertiary/aromatic N) is 3. The smallest absolute Gasteiger partial charge is 0.212 e. The van der Waals surface area contributed by atoms with Crippen LogP contribution in [0.1, 0.15) is 52.9 Å². The second-order valence-electron chi connectivity index (χ2n) is 8.57. The number of aromatic nitrogens is 2. The lowest BCUT2D eigenvalue weighted by Gasteiger charge is -2.47. The maximum absolute atomic E-state index is 12.8. The average Bonchev–Trinajstić information content (AvgIpc) is 3.08. The minimum atomic E-state index is -1.14. The van der Waals surface area contributed by atoms with Crippen molar-refractivity contribution in [2.45, 2.75) is 63.7 Å². The molecule has 1 spiro atoms. The van der Waals surface area contributed by atoms with Gasteiger partial charge >= 0.3 is 0 Å². The summed E-state index contributed by atoms with van der Waals surface area (Å²) in [7, 11) is 0. The number of nitrogens with one attached hydrogen (secondary N) is 3. The Labute approximate surface area is 172 Å². The molecule has 9 heteroatoms. The molecular formula is C18H29BrN6OS. The summed E-state index contributed by atoms with van der Waals surface area (Å²) in [5.41, 5.74) is 0.394. The summed E-state index contributed by atoms with van der Waals surface area (Å²) in [5.74, 6) is 0.597. The van der Waals surface area contributed by atoms with E-state index in [-0.39, 0.29) is 21.7 Å². The van der Waals surface area contributed by atoms with Crippen molar-refractivity contribution in [3.05, 3.63) is 16.2 Å². The molecule has 2 aliphatic rings. The van der Waals surface area contributed by atoms with E-state index >= 15 is 0 Å². The first-order valence-corrected chi connectivity index (χ1v) is 11.4. The molecule has 1 aliphatic carbocycles. The van der Waals surface area contributed by atoms with Gasteiger partial charge in [-0.05, 0) is 61.4 Å². The van der Waals surface area contributed by atoms with E-state index in [1.807, 2.05) is 20.8 Å². The second-order valence-corrected chi connectivity index (χ2v) is 11.4. The van der Waals surface area contributed by atoms with E-state index in [0.717, 1.165) is 19.3 Å². The highest BCUT2D eigenvalue weighted by molar-refractivity contribution is 9.10. The lowest BCUT2D eigenvalue weighted by molar-refractivity contribution is 0.174. The van der Waals surface area contributed by atoms with Gasteiger partial charge in [-0.15, -0.1) is 4.72 Å². The van der Waals surface area contributed by atoms with Crippen LogP contribution >= 0.6 is 15.9 Å². The minimum absolute atomic E-state index is 0.104. The fraction of sp³-hybridized carbons (Fsp3) is 0.722. The van der Waals surface area contributed by atoms with Crippen LogP contribution in [-0.2, 0) is 11.4 Å². The Morgan fingerprint density at radius 1 is 1.37 bits per heavy atom. The van der Waals surface area contributed by atoms with Crippen LogP contribution in [0.4, 0.5) is 5.95 Å². The monoisotopic (exact) mass is 456 g/mol. The molecule has 150 valence electrons. The zero-order valence-electron chi connectivity index (χ0n) is 16.2. The summed E-state index contributed by atoms with van der Waals surface area (Å²) in [4.78, 5) is 6.60. The third kappa shape index (κ3) is 4.11. The molecular weight excluding hydrogens is 428 g/mol. The summed E-state index contributed by atoms with van der Waals surface area (Å²) in [6, 6.07) is 0.104. The summed E-state index contributed by atoms with van der Waals surface area (Å²) < 4.78 is 18.0. The van der Waals surface area contributed by atoms with Crippen molar-refractivity contribution in [1.29, 1.82) is 10.8 Å². The van der Waals surface area contributed by atoms with Gasteiger partial charge in [0.25, 0.3) is 0 Å². The first kappa shape index (κ1) is 20.8. The minimum Gasteiger partial charge on any atom is -0.598 e. The van der Waals surface area contributed by atoms with Gasteiger partial charge in [-0.3, -0.25) is 15.4 Å². The lowest BCUT2D eigenvalue weighted by atomic mass is 9.73. The summed E-state index contributed by atoms with van der Waals surface area (Å²) >= 11 is 2.18. The topological polar surface area (TPSA) is 104 Å². The number of rotatable bonds is 4. The Hall–Kier alpha value is -0.900. The molecule has 1 aliphatic heterocycles. The maximum atomic E-state index is 12.8. The number of anilines is 1. The Morgan fingerprint density at radius 2 is 2.04 bits per heavy atom. The number of halogens is 1. The van der Waals surface area contributed by atoms with Crippen molar-refractivity contribution in [2.75, 3.05) is 18.0 Å². The molecule has 0 bridgehead atoms. The van der Waals surface area contributed by atoms with Crippen LogP contribution in [0.5, 0.6) is 0 Å². The van der Waals surface area contributed by atoms with Gasteiger partial charge in [-0.1, -0.05) is 12.8 Å². The Morgan fingerprint density at radius 3 is 2.63 bits per heavy atom. The van der Waals surface area contributed by atoms with Crippen molar-refractivity contribution in [3.63, 3.8) is 0 Å². The molecule has 0 radical (unpaired) electrons. The van der Waals surface area contributed by atoms with Gasteiger partial charge in [0.2, 0.25) is 5.95 Å². The lowest BCUT2D eigenvalue weighted by Crippen LogP contribution is -2.60. The van der Waals surface area contributed by atoms with Crippen molar-refractivity contribution in [1.82, 2.24) is 14.3 Å². The van der Waals surface area contributed by atoms with Crippen LogP contribution in [0.25, 0.3) is 0 Å². The zero-order chi connectivity index (χ0) is 19.8. The van der Waals surface area contributed by atoms with E-state index in [1.165, 1.54) is 30.3 Å². The molecule has 2 fully saturated rings. The normalized spacial score (nSPS) is 23.6. The second kappa shape index (κ2) is 7.85. The fourth-order valence-corrected chi connectivity index (χ4v) is 5.40. The van der Waals surface area contributed by atoms with Crippen LogP contribution in [0.3, 0.4) is 0 Å². The molecule has 7 nitrogen and oxygen atoms in total. The first-order valence-electron chi connectivity index (χ1n) is 9.43. The molecule has 1 aromatic rings. The van der Waals surface area contributed by atoms with E-state index < -0.39 is 11.4 Å². The predicted octanol–water partition coefficient (Wildman–Crippen LogP) is 2.77. The third-order valence-corrected chi connectivity index (χ3v) is 8.01. The molecule has 3 N–H and O–H groups in total.